The van der Waals surface area contributed by atoms with Crippen LogP contribution in [0.3, 0.4) is 0 Å². The van der Waals surface area contributed by atoms with Crippen molar-refractivity contribution in [3.63, 3.8) is 0 Å². The first-order chi connectivity index (χ1) is 6.61. The fraction of sp³-hybridized carbons (Fsp3) is 0.455. The molecule has 0 spiro atoms. The zero-order chi connectivity index (χ0) is 10.7. The van der Waals surface area contributed by atoms with Gasteiger partial charge in [-0.3, -0.25) is 0 Å². The van der Waals surface area contributed by atoms with Gasteiger partial charge < -0.3 is 9.84 Å². The highest BCUT2D eigenvalue weighted by atomic mass is 79.9. The molecule has 0 aliphatic heterocycles. The Labute approximate surface area is 93.0 Å². The van der Waals surface area contributed by atoms with Gasteiger partial charge in [0.1, 0.15) is 5.75 Å². The van der Waals surface area contributed by atoms with Crippen LogP contribution in [0.1, 0.15) is 16.7 Å². The lowest BCUT2D eigenvalue weighted by atomic mass is 10.0. The molecule has 0 aromatic heterocycles. The number of aliphatic hydroxyl groups is 1. The highest BCUT2D eigenvalue weighted by molar-refractivity contribution is 9.10. The Morgan fingerprint density at radius 2 is 2.00 bits per heavy atom. The fourth-order valence-corrected chi connectivity index (χ4v) is 2.12. The van der Waals surface area contributed by atoms with Crippen molar-refractivity contribution in [2.24, 2.45) is 0 Å². The minimum absolute atomic E-state index is 0.146. The molecule has 0 fully saturated rings. The highest BCUT2D eigenvalue weighted by Crippen LogP contribution is 2.34. The van der Waals surface area contributed by atoms with Crippen molar-refractivity contribution in [2.45, 2.75) is 20.3 Å². The first kappa shape index (κ1) is 11.5. The Morgan fingerprint density at radius 3 is 2.50 bits per heavy atom. The molecule has 0 heterocycles. The van der Waals surface area contributed by atoms with E-state index in [0.29, 0.717) is 6.42 Å². The number of ether oxygens (including phenoxy) is 1. The highest BCUT2D eigenvalue weighted by Gasteiger charge is 2.12. The van der Waals surface area contributed by atoms with Crippen LogP contribution in [0, 0.1) is 13.8 Å². The number of benzene rings is 1. The molecule has 0 aliphatic carbocycles. The number of halogens is 1. The molecular formula is C11H15BrO2. The van der Waals surface area contributed by atoms with E-state index < -0.39 is 0 Å². The predicted molar refractivity (Wildman–Crippen MR) is 61.0 cm³/mol. The zero-order valence-corrected chi connectivity index (χ0v) is 10.3. The van der Waals surface area contributed by atoms with Crippen molar-refractivity contribution in [3.8, 4) is 5.75 Å². The molecule has 1 aromatic carbocycles. The van der Waals surface area contributed by atoms with E-state index in [4.69, 9.17) is 9.84 Å². The van der Waals surface area contributed by atoms with Crippen LogP contribution in [0.5, 0.6) is 5.75 Å². The second-order valence-electron chi connectivity index (χ2n) is 3.31. The quantitative estimate of drug-likeness (QED) is 0.904. The van der Waals surface area contributed by atoms with E-state index in [2.05, 4.69) is 22.0 Å². The van der Waals surface area contributed by atoms with E-state index in [0.717, 1.165) is 26.9 Å². The molecule has 1 aromatic rings. The summed E-state index contributed by atoms with van der Waals surface area (Å²) in [5.41, 5.74) is 3.39. The minimum atomic E-state index is 0.146. The van der Waals surface area contributed by atoms with E-state index in [-0.39, 0.29) is 6.61 Å². The lowest BCUT2D eigenvalue weighted by Crippen LogP contribution is -2.00. The van der Waals surface area contributed by atoms with Crippen LogP contribution in [0.4, 0.5) is 0 Å². The molecule has 3 heteroatoms. The Hall–Kier alpha value is -0.540. The second-order valence-corrected chi connectivity index (χ2v) is 4.10. The van der Waals surface area contributed by atoms with Gasteiger partial charge in [-0.25, -0.2) is 0 Å². The minimum Gasteiger partial charge on any atom is -0.495 e. The van der Waals surface area contributed by atoms with Crippen LogP contribution in [-0.2, 0) is 6.42 Å². The van der Waals surface area contributed by atoms with Crippen molar-refractivity contribution < 1.29 is 9.84 Å². The van der Waals surface area contributed by atoms with Crippen LogP contribution in [0.25, 0.3) is 0 Å². The molecule has 0 bridgehead atoms. The summed E-state index contributed by atoms with van der Waals surface area (Å²) in [5, 5.41) is 8.95. The summed E-state index contributed by atoms with van der Waals surface area (Å²) >= 11 is 3.49. The lowest BCUT2D eigenvalue weighted by Gasteiger charge is -2.14. The maximum absolute atomic E-state index is 8.95. The molecular weight excluding hydrogens is 244 g/mol. The first-order valence-electron chi connectivity index (χ1n) is 4.55. The number of aryl methyl sites for hydroxylation is 2. The van der Waals surface area contributed by atoms with Gasteiger partial charge in [0.15, 0.2) is 0 Å². The third-order valence-corrected chi connectivity index (χ3v) is 3.28. The average molecular weight is 259 g/mol. The standard InChI is InChI=1S/C11H15BrO2/c1-7-6-8(2)10(12)11(14-3)9(7)4-5-13/h6,13H,4-5H2,1-3H3. The van der Waals surface area contributed by atoms with Crippen LogP contribution >= 0.6 is 15.9 Å². The van der Waals surface area contributed by atoms with E-state index >= 15 is 0 Å². The van der Waals surface area contributed by atoms with E-state index in [1.165, 1.54) is 0 Å². The molecule has 2 nitrogen and oxygen atoms in total. The van der Waals surface area contributed by atoms with Crippen molar-refractivity contribution >= 4 is 15.9 Å². The number of methoxy groups -OCH3 is 1. The van der Waals surface area contributed by atoms with Gasteiger partial charge in [0, 0.05) is 12.2 Å². The maximum atomic E-state index is 8.95. The Balaban J connectivity index is 3.31. The van der Waals surface area contributed by atoms with Crippen LogP contribution < -0.4 is 4.74 Å². The summed E-state index contributed by atoms with van der Waals surface area (Å²) in [4.78, 5) is 0. The second kappa shape index (κ2) is 4.80. The average Bonchev–Trinajstić information content (AvgIpc) is 2.15. The SMILES string of the molecule is COc1c(Br)c(C)cc(C)c1CCO. The van der Waals surface area contributed by atoms with Crippen LogP contribution in [0.2, 0.25) is 0 Å². The van der Waals surface area contributed by atoms with Gasteiger partial charge >= 0.3 is 0 Å². The Bertz CT molecular complexity index is 335. The van der Waals surface area contributed by atoms with E-state index in [1.807, 2.05) is 13.8 Å². The topological polar surface area (TPSA) is 29.5 Å². The monoisotopic (exact) mass is 258 g/mol. The van der Waals surface area contributed by atoms with Crippen molar-refractivity contribution in [2.75, 3.05) is 13.7 Å². The predicted octanol–water partition coefficient (Wildman–Crippen LogP) is 2.61. The van der Waals surface area contributed by atoms with Gasteiger partial charge in [-0.2, -0.15) is 0 Å². The first-order valence-corrected chi connectivity index (χ1v) is 5.34. The van der Waals surface area contributed by atoms with Crippen LogP contribution in [-0.4, -0.2) is 18.8 Å². The summed E-state index contributed by atoms with van der Waals surface area (Å²) in [7, 11) is 1.65. The summed E-state index contributed by atoms with van der Waals surface area (Å²) in [6, 6.07) is 2.09. The summed E-state index contributed by atoms with van der Waals surface area (Å²) < 4.78 is 6.31. The largest absolute Gasteiger partial charge is 0.495 e. The zero-order valence-electron chi connectivity index (χ0n) is 8.72. The van der Waals surface area contributed by atoms with Gasteiger partial charge in [0.2, 0.25) is 0 Å². The molecule has 0 unspecified atom stereocenters. The van der Waals surface area contributed by atoms with Crippen molar-refractivity contribution in [1.82, 2.24) is 0 Å². The molecule has 0 aliphatic rings. The van der Waals surface area contributed by atoms with E-state index in [1.54, 1.807) is 7.11 Å². The molecule has 0 saturated heterocycles. The van der Waals surface area contributed by atoms with Gasteiger partial charge in [0.05, 0.1) is 11.6 Å². The number of hydrogen-bond donors (Lipinski definition) is 1. The summed E-state index contributed by atoms with van der Waals surface area (Å²) in [6.07, 6.45) is 0.633. The van der Waals surface area contributed by atoms with Gasteiger partial charge in [-0.05, 0) is 47.3 Å². The van der Waals surface area contributed by atoms with E-state index in [9.17, 15) is 0 Å². The molecule has 14 heavy (non-hydrogen) atoms. The number of aliphatic hydroxyl groups excluding tert-OH is 1. The fourth-order valence-electron chi connectivity index (χ4n) is 1.60. The number of hydrogen-bond acceptors (Lipinski definition) is 2. The summed E-state index contributed by atoms with van der Waals surface area (Å²) in [5.74, 6) is 0.844. The van der Waals surface area contributed by atoms with Gasteiger partial charge in [0.25, 0.3) is 0 Å². The molecule has 1 N–H and O–H groups in total. The smallest absolute Gasteiger partial charge is 0.136 e. The maximum Gasteiger partial charge on any atom is 0.136 e. The third-order valence-electron chi connectivity index (χ3n) is 2.29. The third kappa shape index (κ3) is 2.10. The molecule has 0 atom stereocenters. The van der Waals surface area contributed by atoms with Crippen molar-refractivity contribution in [1.29, 1.82) is 0 Å². The Kier molecular flexibility index (Phi) is 3.96. The Morgan fingerprint density at radius 1 is 1.36 bits per heavy atom. The number of rotatable bonds is 3. The molecule has 1 rings (SSSR count). The normalized spacial score (nSPS) is 10.4. The lowest BCUT2D eigenvalue weighted by molar-refractivity contribution is 0.296. The molecule has 0 saturated carbocycles. The van der Waals surface area contributed by atoms with Gasteiger partial charge in [-0.15, -0.1) is 0 Å². The van der Waals surface area contributed by atoms with Gasteiger partial charge in [-0.1, -0.05) is 6.07 Å². The molecule has 0 radical (unpaired) electrons. The molecule has 0 amide bonds. The molecule has 78 valence electrons. The van der Waals surface area contributed by atoms with Crippen molar-refractivity contribution in [3.05, 3.63) is 27.2 Å². The van der Waals surface area contributed by atoms with Crippen LogP contribution in [0.15, 0.2) is 10.5 Å². The summed E-state index contributed by atoms with van der Waals surface area (Å²) in [6.45, 7) is 4.21.